The minimum atomic E-state index is 0.941. The van der Waals surface area contributed by atoms with Crippen molar-refractivity contribution in [3.63, 3.8) is 0 Å². The summed E-state index contributed by atoms with van der Waals surface area (Å²) >= 11 is 0. The molecule has 59 heavy (non-hydrogen) atoms. The average Bonchev–Trinajstić information content (AvgIpc) is 3.99. The van der Waals surface area contributed by atoms with E-state index in [1.54, 1.807) is 0 Å². The Morgan fingerprint density at radius 3 is 1.20 bits per heavy atom. The minimum Gasteiger partial charge on any atom is -0.340 e. The zero-order valence-electron chi connectivity index (χ0n) is 32.8. The fraction of sp³-hybridized carbons (Fsp3) is 0.0741. The maximum Gasteiger partial charge on any atom is 0.145 e. The van der Waals surface area contributed by atoms with Crippen molar-refractivity contribution in [3.05, 3.63) is 194 Å². The van der Waals surface area contributed by atoms with E-state index >= 15 is 0 Å². The van der Waals surface area contributed by atoms with Crippen LogP contribution in [0.2, 0.25) is 0 Å². The molecule has 0 bridgehead atoms. The Morgan fingerprint density at radius 2 is 0.763 bits per heavy atom. The van der Waals surface area contributed by atoms with Crippen LogP contribution in [0.1, 0.15) is 19.8 Å². The van der Waals surface area contributed by atoms with Gasteiger partial charge in [-0.25, -0.2) is 9.97 Å². The lowest BCUT2D eigenvalue weighted by atomic mass is 10.0. The van der Waals surface area contributed by atoms with Gasteiger partial charge in [0.2, 0.25) is 0 Å². The van der Waals surface area contributed by atoms with Crippen LogP contribution in [0.5, 0.6) is 0 Å². The van der Waals surface area contributed by atoms with E-state index < -0.39 is 0 Å². The third-order valence-electron chi connectivity index (χ3n) is 11.7. The van der Waals surface area contributed by atoms with Gasteiger partial charge < -0.3 is 4.57 Å². The molecule has 11 rings (SSSR count). The van der Waals surface area contributed by atoms with Gasteiger partial charge in [0.1, 0.15) is 11.6 Å². The Hall–Kier alpha value is -7.50. The van der Waals surface area contributed by atoms with Crippen LogP contribution >= 0.6 is 0 Å². The molecule has 0 saturated heterocycles. The molecular weight excluding hydrogens is 719 g/mol. The predicted octanol–water partition coefficient (Wildman–Crippen LogP) is 13.9. The molecule has 0 saturated carbocycles. The maximum absolute atomic E-state index is 5.09. The summed E-state index contributed by atoms with van der Waals surface area (Å²) in [5, 5.41) is 2.57. The number of rotatable bonds is 9. The molecule has 0 unspecified atom stereocenters. The zero-order valence-corrected chi connectivity index (χ0v) is 32.8. The smallest absolute Gasteiger partial charge is 0.145 e. The highest BCUT2D eigenvalue weighted by atomic mass is 15.1. The van der Waals surface area contributed by atoms with Crippen LogP contribution in [0.3, 0.4) is 0 Å². The van der Waals surface area contributed by atoms with Gasteiger partial charge in [0.05, 0.1) is 22.1 Å². The lowest BCUT2D eigenvalue weighted by Gasteiger charge is -2.11. The fourth-order valence-electron chi connectivity index (χ4n) is 8.75. The number of benzene rings is 8. The van der Waals surface area contributed by atoms with E-state index in [9.17, 15) is 0 Å². The molecule has 11 aromatic rings. The van der Waals surface area contributed by atoms with Gasteiger partial charge in [-0.2, -0.15) is 0 Å². The highest BCUT2D eigenvalue weighted by Gasteiger charge is 2.18. The first-order chi connectivity index (χ1) is 29.2. The Kier molecular flexibility index (Phi) is 8.51. The molecule has 0 amide bonds. The largest absolute Gasteiger partial charge is 0.340 e. The van der Waals surface area contributed by atoms with Gasteiger partial charge in [-0.3, -0.25) is 9.13 Å². The molecule has 8 aromatic carbocycles. The first-order valence-electron chi connectivity index (χ1n) is 20.6. The molecule has 0 radical (unpaired) electrons. The zero-order chi connectivity index (χ0) is 39.3. The summed E-state index contributed by atoms with van der Waals surface area (Å²) in [4.78, 5) is 10.2. The SMILES string of the molecule is CCCCn1c2cc(-c3ccc(-c4nc5ccccc5n4-c4ccccc4)cc3)ccc2c2ccc(-c3ccc(-c4nc5ccccc5n4-c4ccccc4)cc3)cc21. The molecule has 0 N–H and O–H groups in total. The summed E-state index contributed by atoms with van der Waals surface area (Å²) < 4.78 is 7.05. The Labute approximate surface area is 343 Å². The third kappa shape index (κ3) is 6.02. The number of hydrogen-bond acceptors (Lipinski definition) is 2. The molecule has 0 fully saturated rings. The summed E-state index contributed by atoms with van der Waals surface area (Å²) in [5.41, 5.74) is 15.9. The molecule has 3 heterocycles. The van der Waals surface area contributed by atoms with E-state index in [1.807, 2.05) is 0 Å². The molecule has 0 aliphatic heterocycles. The van der Waals surface area contributed by atoms with Crippen molar-refractivity contribution in [1.29, 1.82) is 0 Å². The van der Waals surface area contributed by atoms with Crippen molar-refractivity contribution in [2.45, 2.75) is 26.3 Å². The molecule has 0 aliphatic rings. The van der Waals surface area contributed by atoms with Crippen molar-refractivity contribution in [2.24, 2.45) is 0 Å². The number of para-hydroxylation sites is 6. The summed E-state index contributed by atoms with van der Waals surface area (Å²) in [6.45, 7) is 3.23. The van der Waals surface area contributed by atoms with Crippen molar-refractivity contribution >= 4 is 43.9 Å². The summed E-state index contributed by atoms with van der Waals surface area (Å²) in [6, 6.07) is 69.4. The number of hydrogen-bond donors (Lipinski definition) is 0. The lowest BCUT2D eigenvalue weighted by Crippen LogP contribution is -1.98. The number of imidazole rings is 2. The standard InChI is InChI=1S/C54H41N5/c1-2-3-34-57-51-35-41(37-22-26-39(27-23-37)53-55-47-18-10-12-20-49(47)58(53)43-14-6-4-7-15-43)30-32-45(51)46-33-31-42(36-52(46)57)38-24-28-40(29-25-38)54-56-48-19-11-13-21-50(48)59(54)44-16-8-5-9-17-44/h4-33,35-36H,2-3,34H2,1H3. The van der Waals surface area contributed by atoms with Crippen LogP contribution in [0.15, 0.2) is 194 Å². The van der Waals surface area contributed by atoms with Crippen molar-refractivity contribution < 1.29 is 0 Å². The molecular formula is C54H41N5. The number of nitrogens with zero attached hydrogens (tertiary/aromatic N) is 5. The number of fused-ring (bicyclic) bond motifs is 5. The maximum atomic E-state index is 5.09. The fourth-order valence-corrected chi connectivity index (χ4v) is 8.75. The van der Waals surface area contributed by atoms with Gasteiger partial charge in [-0.05, 0) is 89.3 Å². The number of aryl methyl sites for hydroxylation is 1. The van der Waals surface area contributed by atoms with Gasteiger partial charge in [-0.15, -0.1) is 0 Å². The van der Waals surface area contributed by atoms with Gasteiger partial charge in [0, 0.05) is 50.9 Å². The van der Waals surface area contributed by atoms with Crippen LogP contribution < -0.4 is 0 Å². The molecule has 3 aromatic heterocycles. The van der Waals surface area contributed by atoms with E-state index in [1.165, 1.54) is 44.1 Å². The minimum absolute atomic E-state index is 0.941. The first kappa shape index (κ1) is 34.7. The molecule has 0 atom stereocenters. The second kappa shape index (κ2) is 14.5. The second-order valence-electron chi connectivity index (χ2n) is 15.3. The van der Waals surface area contributed by atoms with Crippen molar-refractivity contribution in [1.82, 2.24) is 23.7 Å². The average molecular weight is 760 g/mol. The molecule has 0 aliphatic carbocycles. The van der Waals surface area contributed by atoms with E-state index in [4.69, 9.17) is 9.97 Å². The number of aromatic nitrogens is 5. The predicted molar refractivity (Wildman–Crippen MR) is 245 cm³/mol. The van der Waals surface area contributed by atoms with Crippen LogP contribution in [0, 0.1) is 0 Å². The Bertz CT molecular complexity index is 3060. The highest BCUT2D eigenvalue weighted by molar-refractivity contribution is 6.10. The van der Waals surface area contributed by atoms with Crippen LogP contribution in [0.4, 0.5) is 0 Å². The summed E-state index contributed by atoms with van der Waals surface area (Å²) in [7, 11) is 0. The number of unbranched alkanes of at least 4 members (excludes halogenated alkanes) is 1. The van der Waals surface area contributed by atoms with E-state index in [0.717, 1.165) is 75.6 Å². The molecule has 5 heteroatoms. The van der Waals surface area contributed by atoms with Crippen LogP contribution in [-0.4, -0.2) is 23.7 Å². The van der Waals surface area contributed by atoms with Crippen molar-refractivity contribution in [2.75, 3.05) is 0 Å². The van der Waals surface area contributed by atoms with E-state index in [2.05, 4.69) is 215 Å². The molecule has 5 nitrogen and oxygen atoms in total. The molecule has 282 valence electrons. The van der Waals surface area contributed by atoms with Crippen molar-refractivity contribution in [3.8, 4) is 56.4 Å². The monoisotopic (exact) mass is 759 g/mol. The van der Waals surface area contributed by atoms with Crippen LogP contribution in [0.25, 0.3) is 100 Å². The Morgan fingerprint density at radius 1 is 0.373 bits per heavy atom. The first-order valence-corrected chi connectivity index (χ1v) is 20.6. The highest BCUT2D eigenvalue weighted by Crippen LogP contribution is 2.37. The van der Waals surface area contributed by atoms with Gasteiger partial charge in [0.15, 0.2) is 0 Å². The van der Waals surface area contributed by atoms with E-state index in [-0.39, 0.29) is 0 Å². The quantitative estimate of drug-likeness (QED) is 0.147. The summed E-state index contributed by atoms with van der Waals surface area (Å²) in [5.74, 6) is 1.88. The Balaban J connectivity index is 0.950. The third-order valence-corrected chi connectivity index (χ3v) is 11.7. The van der Waals surface area contributed by atoms with E-state index in [0.29, 0.717) is 0 Å². The normalized spacial score (nSPS) is 11.7. The lowest BCUT2D eigenvalue weighted by molar-refractivity contribution is 0.665. The topological polar surface area (TPSA) is 40.6 Å². The van der Waals surface area contributed by atoms with Gasteiger partial charge in [-0.1, -0.05) is 147 Å². The summed E-state index contributed by atoms with van der Waals surface area (Å²) in [6.07, 6.45) is 2.24. The van der Waals surface area contributed by atoms with Gasteiger partial charge in [0.25, 0.3) is 0 Å². The van der Waals surface area contributed by atoms with Gasteiger partial charge >= 0.3 is 0 Å². The molecule has 0 spiro atoms. The van der Waals surface area contributed by atoms with Crippen LogP contribution in [-0.2, 0) is 6.54 Å². The second-order valence-corrected chi connectivity index (χ2v) is 15.3.